The fourth-order valence-electron chi connectivity index (χ4n) is 3.22. The molecule has 0 radical (unpaired) electrons. The molecule has 1 amide bonds. The Labute approximate surface area is 192 Å². The summed E-state index contributed by atoms with van der Waals surface area (Å²) >= 11 is 7.46. The number of nitrogens with zero attached hydrogens (tertiary/aromatic N) is 3. The third kappa shape index (κ3) is 5.80. The number of para-hydroxylation sites is 1. The van der Waals surface area contributed by atoms with Crippen LogP contribution in [-0.2, 0) is 17.8 Å². The van der Waals surface area contributed by atoms with E-state index in [9.17, 15) is 4.79 Å². The molecule has 1 heterocycles. The zero-order valence-corrected chi connectivity index (χ0v) is 19.8. The average Bonchev–Trinajstić information content (AvgIpc) is 3.18. The van der Waals surface area contributed by atoms with Gasteiger partial charge in [0.1, 0.15) is 5.75 Å². The minimum atomic E-state index is -0.298. The van der Waals surface area contributed by atoms with Crippen molar-refractivity contribution in [2.45, 2.75) is 51.9 Å². The maximum atomic E-state index is 12.5. The number of nitrogens with one attached hydrogen (secondary N) is 1. The summed E-state index contributed by atoms with van der Waals surface area (Å²) in [6.07, 6.45) is 0.565. The Morgan fingerprint density at radius 2 is 2.00 bits per heavy atom. The lowest BCUT2D eigenvalue weighted by Gasteiger charge is -2.16. The van der Waals surface area contributed by atoms with Gasteiger partial charge in [-0.3, -0.25) is 4.79 Å². The first kappa shape index (κ1) is 23.2. The molecule has 0 aliphatic carbocycles. The molecule has 1 N–H and O–H groups in total. The molecule has 1 atom stereocenters. The van der Waals surface area contributed by atoms with Crippen LogP contribution in [0.4, 0.5) is 5.69 Å². The first-order valence-electron chi connectivity index (χ1n) is 10.3. The van der Waals surface area contributed by atoms with Crippen molar-refractivity contribution in [1.29, 1.82) is 0 Å². The van der Waals surface area contributed by atoms with Crippen molar-refractivity contribution >= 4 is 35.0 Å². The van der Waals surface area contributed by atoms with Crippen LogP contribution in [0.5, 0.6) is 5.75 Å². The van der Waals surface area contributed by atoms with Crippen molar-refractivity contribution in [3.63, 3.8) is 0 Å². The Morgan fingerprint density at radius 3 is 2.71 bits per heavy atom. The number of hydrogen-bond acceptors (Lipinski definition) is 5. The van der Waals surface area contributed by atoms with Crippen LogP contribution in [0.15, 0.2) is 47.6 Å². The van der Waals surface area contributed by atoms with Crippen LogP contribution < -0.4 is 10.1 Å². The van der Waals surface area contributed by atoms with Crippen molar-refractivity contribution in [2.75, 3.05) is 11.1 Å². The van der Waals surface area contributed by atoms with Gasteiger partial charge in [0.15, 0.2) is 17.1 Å². The van der Waals surface area contributed by atoms with Gasteiger partial charge in [-0.05, 0) is 62.6 Å². The Kier molecular flexibility index (Phi) is 7.98. The summed E-state index contributed by atoms with van der Waals surface area (Å²) in [7, 11) is 0. The van der Waals surface area contributed by atoms with Crippen molar-refractivity contribution in [3.8, 4) is 5.75 Å². The van der Waals surface area contributed by atoms with E-state index in [2.05, 4.69) is 22.4 Å². The predicted molar refractivity (Wildman–Crippen MR) is 126 cm³/mol. The predicted octanol–water partition coefficient (Wildman–Crippen LogP) is 5.69. The van der Waals surface area contributed by atoms with Crippen molar-refractivity contribution < 1.29 is 9.53 Å². The third-order valence-corrected chi connectivity index (χ3v) is 6.26. The molecular weight excluding hydrogens is 432 g/mol. The Balaban J connectivity index is 1.65. The molecule has 1 aromatic heterocycles. The zero-order valence-electron chi connectivity index (χ0n) is 18.2. The summed E-state index contributed by atoms with van der Waals surface area (Å²) in [6.45, 7) is 8.64. The maximum Gasteiger partial charge on any atom is 0.234 e. The molecule has 0 saturated heterocycles. The number of aromatic nitrogens is 3. The highest BCUT2D eigenvalue weighted by atomic mass is 35.5. The highest BCUT2D eigenvalue weighted by Gasteiger charge is 2.20. The Hall–Kier alpha value is -2.51. The van der Waals surface area contributed by atoms with Crippen LogP contribution in [0.2, 0.25) is 5.02 Å². The summed E-state index contributed by atoms with van der Waals surface area (Å²) in [4.78, 5) is 12.5. The number of ether oxygens (including phenoxy) is 1. The summed E-state index contributed by atoms with van der Waals surface area (Å²) in [5.74, 6) is 1.62. The smallest absolute Gasteiger partial charge is 0.234 e. The average molecular weight is 459 g/mol. The van der Waals surface area contributed by atoms with Crippen molar-refractivity contribution in [3.05, 3.63) is 64.4 Å². The van der Waals surface area contributed by atoms with E-state index in [0.29, 0.717) is 22.5 Å². The summed E-state index contributed by atoms with van der Waals surface area (Å²) in [5.41, 5.74) is 2.92. The second-order valence-electron chi connectivity index (χ2n) is 7.10. The van der Waals surface area contributed by atoms with Gasteiger partial charge in [-0.25, -0.2) is 0 Å². The molecular formula is C23H27ClN4O2S. The summed E-state index contributed by atoms with van der Waals surface area (Å²) in [5, 5.41) is 13.0. The van der Waals surface area contributed by atoms with Crippen LogP contribution >= 0.6 is 23.4 Å². The minimum absolute atomic E-state index is 0.0703. The normalized spacial score (nSPS) is 11.9. The van der Waals surface area contributed by atoms with Crippen molar-refractivity contribution in [1.82, 2.24) is 14.8 Å². The van der Waals surface area contributed by atoms with Crippen molar-refractivity contribution in [2.24, 2.45) is 0 Å². The first-order chi connectivity index (χ1) is 14.9. The second-order valence-corrected chi connectivity index (χ2v) is 8.45. The van der Waals surface area contributed by atoms with Gasteiger partial charge in [0.05, 0.1) is 5.75 Å². The fourth-order valence-corrected chi connectivity index (χ4v) is 4.15. The van der Waals surface area contributed by atoms with Crippen LogP contribution in [0, 0.1) is 6.92 Å². The summed E-state index contributed by atoms with van der Waals surface area (Å²) in [6, 6.07) is 13.4. The van der Waals surface area contributed by atoms with Crippen LogP contribution in [0.3, 0.4) is 0 Å². The molecule has 164 valence electrons. The van der Waals surface area contributed by atoms with Crippen LogP contribution in [0.1, 0.15) is 43.8 Å². The van der Waals surface area contributed by atoms with E-state index in [1.807, 2.05) is 67.8 Å². The standard InChI is InChI=1S/C23H27ClN4O2S/c1-5-17-9-7-8-10-20(17)25-21(29)14-31-23-27-26-22(28(23)6-2)16(4)30-18-11-12-19(24)15(3)13-18/h7-13,16H,5-6,14H2,1-4H3,(H,25,29). The van der Waals surface area contributed by atoms with E-state index >= 15 is 0 Å². The highest BCUT2D eigenvalue weighted by molar-refractivity contribution is 7.99. The van der Waals surface area contributed by atoms with Gasteiger partial charge in [-0.1, -0.05) is 48.5 Å². The summed E-state index contributed by atoms with van der Waals surface area (Å²) < 4.78 is 8.03. The topological polar surface area (TPSA) is 69.0 Å². The SMILES string of the molecule is CCc1ccccc1NC(=O)CSc1nnc(C(C)Oc2ccc(Cl)c(C)c2)n1CC. The van der Waals surface area contributed by atoms with Gasteiger partial charge in [0.25, 0.3) is 0 Å². The van der Waals surface area contributed by atoms with Gasteiger partial charge >= 0.3 is 0 Å². The van der Waals surface area contributed by atoms with Gasteiger partial charge < -0.3 is 14.6 Å². The number of hydrogen-bond donors (Lipinski definition) is 1. The van der Waals surface area contributed by atoms with Gasteiger partial charge in [0.2, 0.25) is 5.91 Å². The molecule has 0 saturated carbocycles. The molecule has 3 rings (SSSR count). The highest BCUT2D eigenvalue weighted by Crippen LogP contribution is 2.27. The lowest BCUT2D eigenvalue weighted by molar-refractivity contribution is -0.113. The van der Waals surface area contributed by atoms with Crippen LogP contribution in [-0.4, -0.2) is 26.4 Å². The van der Waals surface area contributed by atoms with Gasteiger partial charge in [-0.15, -0.1) is 10.2 Å². The molecule has 0 spiro atoms. The third-order valence-electron chi connectivity index (χ3n) is 4.87. The monoisotopic (exact) mass is 458 g/mol. The number of benzene rings is 2. The number of carbonyl (C=O) groups is 1. The molecule has 0 aliphatic rings. The largest absolute Gasteiger partial charge is 0.483 e. The maximum absolute atomic E-state index is 12.5. The lowest BCUT2D eigenvalue weighted by atomic mass is 10.1. The number of rotatable bonds is 9. The van der Waals surface area contributed by atoms with Gasteiger partial charge in [0, 0.05) is 17.3 Å². The number of anilines is 1. The number of thioether (sulfide) groups is 1. The number of carbonyl (C=O) groups excluding carboxylic acids is 1. The molecule has 0 aliphatic heterocycles. The van der Waals surface area contributed by atoms with E-state index in [1.54, 1.807) is 0 Å². The Bertz CT molecular complexity index is 1050. The molecule has 6 nitrogen and oxygen atoms in total. The molecule has 0 fully saturated rings. The van der Waals surface area contributed by atoms with E-state index in [0.717, 1.165) is 29.0 Å². The minimum Gasteiger partial charge on any atom is -0.483 e. The molecule has 8 heteroatoms. The van der Waals surface area contributed by atoms with E-state index in [1.165, 1.54) is 11.8 Å². The molecule has 1 unspecified atom stereocenters. The molecule has 31 heavy (non-hydrogen) atoms. The number of aryl methyl sites for hydroxylation is 2. The number of amides is 1. The van der Waals surface area contributed by atoms with Gasteiger partial charge in [-0.2, -0.15) is 0 Å². The fraction of sp³-hybridized carbons (Fsp3) is 0.348. The number of halogens is 1. The second kappa shape index (κ2) is 10.7. The Morgan fingerprint density at radius 1 is 1.23 bits per heavy atom. The molecule has 2 aromatic carbocycles. The molecule has 0 bridgehead atoms. The quantitative estimate of drug-likeness (QED) is 0.417. The van der Waals surface area contributed by atoms with E-state index < -0.39 is 0 Å². The lowest BCUT2D eigenvalue weighted by Crippen LogP contribution is -2.16. The van der Waals surface area contributed by atoms with E-state index in [4.69, 9.17) is 16.3 Å². The first-order valence-corrected chi connectivity index (χ1v) is 11.7. The zero-order chi connectivity index (χ0) is 22.4. The molecule has 3 aromatic rings. The van der Waals surface area contributed by atoms with Crippen LogP contribution in [0.25, 0.3) is 0 Å². The van der Waals surface area contributed by atoms with E-state index in [-0.39, 0.29) is 17.8 Å².